The van der Waals surface area contributed by atoms with Crippen LogP contribution >= 0.6 is 0 Å². The highest BCUT2D eigenvalue weighted by atomic mass is 16.2. The van der Waals surface area contributed by atoms with Gasteiger partial charge in [-0.05, 0) is 68.2 Å². The first-order chi connectivity index (χ1) is 19.9. The first kappa shape index (κ1) is 27.6. The zero-order valence-corrected chi connectivity index (χ0v) is 24.1. The Morgan fingerprint density at radius 3 is 2.66 bits per heavy atom. The van der Waals surface area contributed by atoms with Gasteiger partial charge in [-0.25, -0.2) is 4.98 Å². The molecule has 0 spiro atoms. The Balaban J connectivity index is 1.19. The van der Waals surface area contributed by atoms with Gasteiger partial charge in [0.15, 0.2) is 0 Å². The summed E-state index contributed by atoms with van der Waals surface area (Å²) in [5.41, 5.74) is 8.70. The first-order valence-electron chi connectivity index (χ1n) is 15.3. The number of hydrogen-bond donors (Lipinski definition) is 3. The van der Waals surface area contributed by atoms with E-state index in [4.69, 9.17) is 10.7 Å². The van der Waals surface area contributed by atoms with Gasteiger partial charge in [0.1, 0.15) is 11.4 Å². The van der Waals surface area contributed by atoms with Crippen LogP contribution in [0.4, 0.5) is 5.82 Å². The minimum atomic E-state index is -0.738. The topological polar surface area (TPSA) is 113 Å². The number of fused-ring (bicyclic) bond motifs is 2. The van der Waals surface area contributed by atoms with E-state index in [0.717, 1.165) is 53.5 Å². The lowest BCUT2D eigenvalue weighted by molar-refractivity contribution is -0.146. The number of amides is 2. The number of piperidine rings is 1. The molecule has 4 N–H and O–H groups in total. The van der Waals surface area contributed by atoms with Gasteiger partial charge in [0.25, 0.3) is 0 Å². The molecule has 1 aliphatic heterocycles. The third kappa shape index (κ3) is 5.80. The quantitative estimate of drug-likeness (QED) is 0.355. The molecule has 8 heteroatoms. The largest absolute Gasteiger partial charge is 0.384 e. The predicted molar refractivity (Wildman–Crippen MR) is 161 cm³/mol. The average molecular weight is 555 g/mol. The van der Waals surface area contributed by atoms with Gasteiger partial charge in [-0.3, -0.25) is 14.6 Å². The van der Waals surface area contributed by atoms with Crippen LogP contribution in [0, 0.1) is 18.8 Å². The molecule has 2 aromatic heterocycles. The van der Waals surface area contributed by atoms with Crippen LogP contribution in [-0.2, 0) is 22.7 Å². The van der Waals surface area contributed by atoms with Gasteiger partial charge >= 0.3 is 0 Å². The Kier molecular flexibility index (Phi) is 7.93. The molecule has 3 atom stereocenters. The van der Waals surface area contributed by atoms with E-state index in [1.165, 1.54) is 32.1 Å². The van der Waals surface area contributed by atoms with Crippen molar-refractivity contribution in [2.45, 2.75) is 89.4 Å². The number of likely N-dealkylation sites (tertiary alicyclic amines) is 1. The lowest BCUT2D eigenvalue weighted by Crippen LogP contribution is -2.59. The van der Waals surface area contributed by atoms with E-state index in [1.54, 1.807) is 6.07 Å². The molecule has 1 aromatic carbocycles. The van der Waals surface area contributed by atoms with Crippen LogP contribution in [0.15, 0.2) is 48.5 Å². The number of rotatable bonds is 9. The average Bonchev–Trinajstić information content (AvgIpc) is 3.75. The van der Waals surface area contributed by atoms with Crippen molar-refractivity contribution in [3.05, 3.63) is 65.5 Å². The summed E-state index contributed by atoms with van der Waals surface area (Å²) in [6.45, 7) is 3.43. The monoisotopic (exact) mass is 554 g/mol. The Morgan fingerprint density at radius 1 is 1.00 bits per heavy atom. The normalized spacial score (nSPS) is 23.1. The molecule has 3 heterocycles. The Hall–Kier alpha value is -3.52. The van der Waals surface area contributed by atoms with Gasteiger partial charge in [0.2, 0.25) is 11.8 Å². The second kappa shape index (κ2) is 11.8. The maximum atomic E-state index is 14.4. The molecule has 3 aromatic rings. The van der Waals surface area contributed by atoms with Crippen LogP contribution in [0.25, 0.3) is 10.9 Å². The SMILES string of the molecule is Cc1nc(N)ccc1CNC(=O)[C@]12C[C@H]1CCCN2C(=O)[C@@H](CC1CCCCC1)NCc1ccc2ccccc2n1. The van der Waals surface area contributed by atoms with Crippen LogP contribution in [-0.4, -0.2) is 44.8 Å². The fraction of sp³-hybridized carbons (Fsp3) is 0.515. The minimum absolute atomic E-state index is 0.0422. The van der Waals surface area contributed by atoms with Crippen LogP contribution < -0.4 is 16.4 Å². The van der Waals surface area contributed by atoms with Crippen LogP contribution in [0.1, 0.15) is 74.7 Å². The maximum Gasteiger partial charge on any atom is 0.246 e. The van der Waals surface area contributed by atoms with Gasteiger partial charge in [-0.2, -0.15) is 0 Å². The summed E-state index contributed by atoms with van der Waals surface area (Å²) < 4.78 is 0. The van der Waals surface area contributed by atoms with Crippen molar-refractivity contribution in [2.24, 2.45) is 11.8 Å². The molecular weight excluding hydrogens is 512 g/mol. The van der Waals surface area contributed by atoms with Crippen LogP contribution in [0.2, 0.25) is 0 Å². The lowest BCUT2D eigenvalue weighted by Gasteiger charge is -2.39. The standard InChI is InChI=1S/C33H42N6O2/c1-22-25(14-16-30(34)37-22)20-36-32(41)33-19-26(33)11-7-17-39(33)31(40)29(18-23-8-3-2-4-9-23)35-21-27-15-13-24-10-5-6-12-28(24)38-27/h5-6,10,12-16,23,26,29,35H,2-4,7-9,11,17-21H2,1H3,(H2,34,37)(H,36,41)/t26-,29-,33+/m1/s1. The van der Waals surface area contributed by atoms with Gasteiger partial charge in [-0.15, -0.1) is 0 Å². The van der Waals surface area contributed by atoms with E-state index in [1.807, 2.05) is 42.2 Å². The molecule has 2 aliphatic carbocycles. The summed E-state index contributed by atoms with van der Waals surface area (Å²) in [7, 11) is 0. The van der Waals surface area contributed by atoms with Crippen molar-refractivity contribution in [3.63, 3.8) is 0 Å². The minimum Gasteiger partial charge on any atom is -0.384 e. The number of nitrogens with two attached hydrogens (primary N) is 1. The smallest absolute Gasteiger partial charge is 0.246 e. The molecule has 0 bridgehead atoms. The molecule has 1 saturated heterocycles. The number of hydrogen-bond acceptors (Lipinski definition) is 6. The Bertz CT molecular complexity index is 1420. The van der Waals surface area contributed by atoms with E-state index in [0.29, 0.717) is 31.4 Å². The number of aryl methyl sites for hydroxylation is 1. The number of nitrogens with one attached hydrogen (secondary N) is 2. The highest BCUT2D eigenvalue weighted by Gasteiger charge is 2.66. The van der Waals surface area contributed by atoms with Gasteiger partial charge in [0.05, 0.1) is 17.3 Å². The molecule has 8 nitrogen and oxygen atoms in total. The van der Waals surface area contributed by atoms with Crippen molar-refractivity contribution in [2.75, 3.05) is 12.3 Å². The third-order valence-corrected chi connectivity index (χ3v) is 9.58. The maximum absolute atomic E-state index is 14.4. The molecular formula is C33H42N6O2. The Morgan fingerprint density at radius 2 is 1.83 bits per heavy atom. The van der Waals surface area contributed by atoms with E-state index in [-0.39, 0.29) is 23.8 Å². The van der Waals surface area contributed by atoms with E-state index >= 15 is 0 Å². The second-order valence-corrected chi connectivity index (χ2v) is 12.3. The van der Waals surface area contributed by atoms with E-state index in [9.17, 15) is 9.59 Å². The first-order valence-corrected chi connectivity index (χ1v) is 15.3. The summed E-state index contributed by atoms with van der Waals surface area (Å²) in [4.78, 5) is 39.2. The fourth-order valence-electron chi connectivity index (χ4n) is 7.17. The number of pyridine rings is 2. The molecule has 2 amide bonds. The van der Waals surface area contributed by atoms with Gasteiger partial charge < -0.3 is 21.3 Å². The number of carbonyl (C=O) groups excluding carboxylic acids is 2. The second-order valence-electron chi connectivity index (χ2n) is 12.3. The van der Waals surface area contributed by atoms with Crippen molar-refractivity contribution in [1.82, 2.24) is 25.5 Å². The van der Waals surface area contributed by atoms with Gasteiger partial charge in [0, 0.05) is 30.7 Å². The molecule has 3 aliphatic rings. The number of carbonyl (C=O) groups is 2. The molecule has 41 heavy (non-hydrogen) atoms. The summed E-state index contributed by atoms with van der Waals surface area (Å²) in [6.07, 6.45) is 9.56. The number of nitrogens with zero attached hydrogens (tertiary/aromatic N) is 3. The van der Waals surface area contributed by atoms with E-state index < -0.39 is 5.54 Å². The third-order valence-electron chi connectivity index (χ3n) is 9.58. The summed E-state index contributed by atoms with van der Waals surface area (Å²) >= 11 is 0. The number of aromatic nitrogens is 2. The number of anilines is 1. The number of nitrogen functional groups attached to an aromatic ring is 1. The zero-order valence-electron chi connectivity index (χ0n) is 24.1. The summed E-state index contributed by atoms with van der Waals surface area (Å²) in [6, 6.07) is 15.6. The van der Waals surface area contributed by atoms with Crippen molar-refractivity contribution >= 4 is 28.5 Å². The molecule has 3 fully saturated rings. The van der Waals surface area contributed by atoms with Crippen molar-refractivity contribution < 1.29 is 9.59 Å². The Labute approximate surface area is 242 Å². The molecule has 0 radical (unpaired) electrons. The highest BCUT2D eigenvalue weighted by molar-refractivity contribution is 5.96. The lowest BCUT2D eigenvalue weighted by atomic mass is 9.84. The molecule has 2 saturated carbocycles. The van der Waals surface area contributed by atoms with Crippen LogP contribution in [0.5, 0.6) is 0 Å². The number of para-hydroxylation sites is 1. The van der Waals surface area contributed by atoms with Crippen molar-refractivity contribution in [1.29, 1.82) is 0 Å². The molecule has 6 rings (SSSR count). The highest BCUT2D eigenvalue weighted by Crippen LogP contribution is 2.54. The predicted octanol–water partition coefficient (Wildman–Crippen LogP) is 4.65. The zero-order chi connectivity index (χ0) is 28.4. The van der Waals surface area contributed by atoms with Crippen LogP contribution in [0.3, 0.4) is 0 Å². The molecule has 216 valence electrons. The summed E-state index contributed by atoms with van der Waals surface area (Å²) in [5, 5.41) is 7.86. The van der Waals surface area contributed by atoms with E-state index in [2.05, 4.69) is 27.8 Å². The van der Waals surface area contributed by atoms with Gasteiger partial charge in [-0.1, -0.05) is 62.4 Å². The van der Waals surface area contributed by atoms with Crippen molar-refractivity contribution in [3.8, 4) is 0 Å². The molecule has 0 unspecified atom stereocenters. The number of benzene rings is 1. The fourth-order valence-corrected chi connectivity index (χ4v) is 7.17. The summed E-state index contributed by atoms with van der Waals surface area (Å²) in [5.74, 6) is 1.25.